The molecule has 1 aromatic rings. The molecule has 0 amide bonds. The largest absolute Gasteiger partial charge is 0.522 e. The molecule has 1 aromatic carbocycles. The molecular formula is C12H12BrF3O5. The number of hydrogen-bond donors (Lipinski definition) is 1. The van der Waals surface area contributed by atoms with Crippen LogP contribution in [0.25, 0.3) is 0 Å². The van der Waals surface area contributed by atoms with Crippen molar-refractivity contribution in [3.63, 3.8) is 0 Å². The predicted octanol–water partition coefficient (Wildman–Crippen LogP) is 3.46. The minimum atomic E-state index is -4.73. The lowest BCUT2D eigenvalue weighted by molar-refractivity contribution is -0.325. The molecule has 0 fully saturated rings. The van der Waals surface area contributed by atoms with Gasteiger partial charge in [0.2, 0.25) is 0 Å². The molecule has 0 aromatic heterocycles. The summed E-state index contributed by atoms with van der Waals surface area (Å²) >= 11 is 3.10. The lowest BCUT2D eigenvalue weighted by Crippen LogP contribution is -2.18. The van der Waals surface area contributed by atoms with E-state index in [2.05, 4.69) is 20.7 Å². The van der Waals surface area contributed by atoms with Crippen molar-refractivity contribution in [3.8, 4) is 11.5 Å². The minimum Gasteiger partial charge on any atom is -0.490 e. The van der Waals surface area contributed by atoms with Gasteiger partial charge in [-0.1, -0.05) is 0 Å². The van der Waals surface area contributed by atoms with Crippen molar-refractivity contribution < 1.29 is 37.3 Å². The van der Waals surface area contributed by atoms with Gasteiger partial charge in [-0.25, -0.2) is 4.79 Å². The van der Waals surface area contributed by atoms with Crippen molar-refractivity contribution in [3.05, 3.63) is 22.2 Å². The van der Waals surface area contributed by atoms with E-state index in [-0.39, 0.29) is 34.7 Å². The normalized spacial score (nSPS) is 11.3. The molecule has 0 radical (unpaired) electrons. The van der Waals surface area contributed by atoms with E-state index >= 15 is 0 Å². The van der Waals surface area contributed by atoms with Crippen molar-refractivity contribution in [2.75, 3.05) is 19.8 Å². The number of hydrogen-bond acceptors (Lipinski definition) is 4. The fraction of sp³-hybridized carbons (Fsp3) is 0.417. The zero-order valence-electron chi connectivity index (χ0n) is 10.9. The summed E-state index contributed by atoms with van der Waals surface area (Å²) in [4.78, 5) is 10.9. The summed E-state index contributed by atoms with van der Waals surface area (Å²) in [5.41, 5.74) is -0.0378. The van der Waals surface area contributed by atoms with E-state index in [4.69, 9.17) is 14.6 Å². The van der Waals surface area contributed by atoms with Gasteiger partial charge >= 0.3 is 12.3 Å². The summed E-state index contributed by atoms with van der Waals surface area (Å²) in [6.45, 7) is 0.857. The third-order valence-corrected chi connectivity index (χ3v) is 2.74. The van der Waals surface area contributed by atoms with Gasteiger partial charge in [0.05, 0.1) is 23.2 Å². The molecule has 0 aliphatic heterocycles. The van der Waals surface area contributed by atoms with Gasteiger partial charge in [-0.3, -0.25) is 4.74 Å². The third kappa shape index (κ3) is 5.80. The van der Waals surface area contributed by atoms with E-state index in [0.29, 0.717) is 0 Å². The molecule has 0 atom stereocenters. The summed E-state index contributed by atoms with van der Waals surface area (Å²) < 4.78 is 49.7. The molecular weight excluding hydrogens is 361 g/mol. The van der Waals surface area contributed by atoms with Crippen molar-refractivity contribution in [2.24, 2.45) is 0 Å². The van der Waals surface area contributed by atoms with Gasteiger partial charge in [0.15, 0.2) is 11.5 Å². The van der Waals surface area contributed by atoms with Crippen LogP contribution in [0.2, 0.25) is 0 Å². The second-order valence-electron chi connectivity index (χ2n) is 3.67. The summed E-state index contributed by atoms with van der Waals surface area (Å²) in [5.74, 6) is -0.924. The van der Waals surface area contributed by atoms with Crippen LogP contribution < -0.4 is 9.47 Å². The Kier molecular flexibility index (Phi) is 6.28. The van der Waals surface area contributed by atoms with Crippen LogP contribution in [-0.2, 0) is 4.74 Å². The summed E-state index contributed by atoms with van der Waals surface area (Å²) in [6.07, 6.45) is -4.73. The molecule has 0 unspecified atom stereocenters. The fourth-order valence-electron chi connectivity index (χ4n) is 1.40. The summed E-state index contributed by atoms with van der Waals surface area (Å²) in [5, 5.41) is 8.93. The topological polar surface area (TPSA) is 65.0 Å². The van der Waals surface area contributed by atoms with Crippen LogP contribution in [0.5, 0.6) is 11.5 Å². The highest BCUT2D eigenvalue weighted by Crippen LogP contribution is 2.37. The van der Waals surface area contributed by atoms with E-state index in [9.17, 15) is 18.0 Å². The molecule has 0 aliphatic carbocycles. The Hall–Kier alpha value is -1.48. The van der Waals surface area contributed by atoms with Crippen LogP contribution in [0, 0.1) is 0 Å². The maximum atomic E-state index is 11.8. The highest BCUT2D eigenvalue weighted by molar-refractivity contribution is 9.10. The second kappa shape index (κ2) is 7.51. The fourth-order valence-corrected chi connectivity index (χ4v) is 1.95. The van der Waals surface area contributed by atoms with E-state index in [0.717, 1.165) is 0 Å². The minimum absolute atomic E-state index is 0.0378. The van der Waals surface area contributed by atoms with Crippen LogP contribution in [0.1, 0.15) is 17.3 Å². The van der Waals surface area contributed by atoms with Gasteiger partial charge in [-0.05, 0) is 35.0 Å². The van der Waals surface area contributed by atoms with Gasteiger partial charge in [0.1, 0.15) is 6.61 Å². The first-order chi connectivity index (χ1) is 9.74. The molecule has 0 saturated carbocycles. The quantitative estimate of drug-likeness (QED) is 0.742. The van der Waals surface area contributed by atoms with Crippen LogP contribution in [0.3, 0.4) is 0 Å². The number of ether oxygens (including phenoxy) is 3. The molecule has 5 nitrogen and oxygen atoms in total. The van der Waals surface area contributed by atoms with Gasteiger partial charge in [-0.2, -0.15) is 0 Å². The first kappa shape index (κ1) is 17.6. The zero-order valence-corrected chi connectivity index (χ0v) is 12.5. The smallest absolute Gasteiger partial charge is 0.490 e. The molecule has 0 saturated heterocycles. The molecule has 0 heterocycles. The van der Waals surface area contributed by atoms with E-state index in [1.165, 1.54) is 12.1 Å². The van der Waals surface area contributed by atoms with Gasteiger partial charge < -0.3 is 14.6 Å². The highest BCUT2D eigenvalue weighted by Gasteiger charge is 2.28. The van der Waals surface area contributed by atoms with Gasteiger partial charge in [0.25, 0.3) is 0 Å². The zero-order chi connectivity index (χ0) is 16.0. The van der Waals surface area contributed by atoms with Crippen LogP contribution in [0.15, 0.2) is 16.6 Å². The van der Waals surface area contributed by atoms with Crippen molar-refractivity contribution in [1.82, 2.24) is 0 Å². The number of carbonyl (C=O) groups is 1. The maximum absolute atomic E-state index is 11.8. The van der Waals surface area contributed by atoms with E-state index < -0.39 is 18.9 Å². The molecule has 0 spiro atoms. The van der Waals surface area contributed by atoms with Crippen LogP contribution >= 0.6 is 15.9 Å². The van der Waals surface area contributed by atoms with Crippen molar-refractivity contribution in [1.29, 1.82) is 0 Å². The Balaban J connectivity index is 2.82. The SMILES string of the molecule is CCOc1cc(C(=O)O)cc(Br)c1OCCOC(F)(F)F. The third-order valence-electron chi connectivity index (χ3n) is 2.15. The average Bonchev–Trinajstić information content (AvgIpc) is 2.35. The van der Waals surface area contributed by atoms with Gasteiger partial charge in [-0.15, -0.1) is 13.2 Å². The van der Waals surface area contributed by atoms with Crippen molar-refractivity contribution >= 4 is 21.9 Å². The molecule has 0 aliphatic rings. The molecule has 21 heavy (non-hydrogen) atoms. The molecule has 1 rings (SSSR count). The molecule has 9 heteroatoms. The number of benzene rings is 1. The van der Waals surface area contributed by atoms with Crippen molar-refractivity contribution in [2.45, 2.75) is 13.3 Å². The lowest BCUT2D eigenvalue weighted by Gasteiger charge is -2.15. The second-order valence-corrected chi connectivity index (χ2v) is 4.52. The predicted molar refractivity (Wildman–Crippen MR) is 69.8 cm³/mol. The maximum Gasteiger partial charge on any atom is 0.522 e. The number of alkyl halides is 3. The number of carboxylic acid groups (broad SMARTS) is 1. The van der Waals surface area contributed by atoms with E-state index in [1.807, 2.05) is 0 Å². The lowest BCUT2D eigenvalue weighted by atomic mass is 10.2. The Morgan fingerprint density at radius 3 is 2.48 bits per heavy atom. The van der Waals surface area contributed by atoms with E-state index in [1.54, 1.807) is 6.92 Å². The number of carboxylic acids is 1. The number of aromatic carboxylic acids is 1. The molecule has 118 valence electrons. The molecule has 1 N–H and O–H groups in total. The Bertz CT molecular complexity index is 504. The summed E-state index contributed by atoms with van der Waals surface area (Å²) in [6, 6.07) is 2.50. The Labute approximate surface area is 126 Å². The number of rotatable bonds is 7. The first-order valence-electron chi connectivity index (χ1n) is 5.77. The summed E-state index contributed by atoms with van der Waals surface area (Å²) in [7, 11) is 0. The van der Waals surface area contributed by atoms with Gasteiger partial charge in [0, 0.05) is 0 Å². The Morgan fingerprint density at radius 1 is 1.29 bits per heavy atom. The van der Waals surface area contributed by atoms with Crippen LogP contribution in [0.4, 0.5) is 13.2 Å². The first-order valence-corrected chi connectivity index (χ1v) is 6.57. The standard InChI is InChI=1S/C12H12BrF3O5/c1-2-19-9-6-7(11(17)18)5-8(13)10(9)20-3-4-21-12(14,15)16/h5-6H,2-4H2,1H3,(H,17,18). The average molecular weight is 373 g/mol. The monoisotopic (exact) mass is 372 g/mol. The highest BCUT2D eigenvalue weighted by atomic mass is 79.9. The molecule has 0 bridgehead atoms. The number of halogens is 4. The van der Waals surface area contributed by atoms with Crippen LogP contribution in [-0.4, -0.2) is 37.3 Å². The Morgan fingerprint density at radius 2 is 1.95 bits per heavy atom.